The second-order valence-corrected chi connectivity index (χ2v) is 7.82. The topological polar surface area (TPSA) is 57.2 Å². The molecule has 1 fully saturated rings. The van der Waals surface area contributed by atoms with E-state index in [1.54, 1.807) is 10.6 Å². The molecule has 6 nitrogen and oxygen atoms in total. The highest BCUT2D eigenvalue weighted by Crippen LogP contribution is 2.26. The molecule has 0 unspecified atom stereocenters. The molecule has 0 aliphatic carbocycles. The third-order valence-corrected chi connectivity index (χ3v) is 5.92. The largest absolute Gasteiger partial charge is 0.339 e. The van der Waals surface area contributed by atoms with Crippen molar-refractivity contribution in [2.24, 2.45) is 0 Å². The molecule has 0 atom stereocenters. The van der Waals surface area contributed by atoms with Gasteiger partial charge in [0.1, 0.15) is 12.4 Å². The quantitative estimate of drug-likeness (QED) is 0.716. The monoisotopic (exact) mass is 427 g/mol. The van der Waals surface area contributed by atoms with Crippen molar-refractivity contribution in [3.63, 3.8) is 0 Å². The number of hydrogen-bond donors (Lipinski definition) is 1. The Morgan fingerprint density at radius 1 is 1.26 bits per heavy atom. The molecule has 0 radical (unpaired) electrons. The summed E-state index contributed by atoms with van der Waals surface area (Å²) in [5, 5.41) is 8.19. The lowest BCUT2D eigenvalue weighted by Gasteiger charge is -2.35. The number of amides is 1. The van der Waals surface area contributed by atoms with E-state index in [0.717, 1.165) is 43.9 Å². The number of aromatic amines is 1. The molecule has 2 aromatic rings. The van der Waals surface area contributed by atoms with Crippen molar-refractivity contribution >= 4 is 41.3 Å². The molecule has 0 spiro atoms. The van der Waals surface area contributed by atoms with E-state index in [9.17, 15) is 4.79 Å². The third kappa shape index (κ3) is 4.90. The predicted molar refractivity (Wildman–Crippen MR) is 110 cm³/mol. The second kappa shape index (κ2) is 9.19. The van der Waals surface area contributed by atoms with E-state index in [2.05, 4.69) is 22.0 Å². The van der Waals surface area contributed by atoms with Crippen LogP contribution in [0.25, 0.3) is 0 Å². The summed E-state index contributed by atoms with van der Waals surface area (Å²) in [6, 6.07) is 5.69. The summed E-state index contributed by atoms with van der Waals surface area (Å²) in [4.78, 5) is 16.9. The van der Waals surface area contributed by atoms with Crippen LogP contribution in [0.2, 0.25) is 10.0 Å². The van der Waals surface area contributed by atoms with Crippen molar-refractivity contribution < 1.29 is 4.79 Å². The fourth-order valence-corrected chi connectivity index (χ4v) is 3.83. The van der Waals surface area contributed by atoms with Gasteiger partial charge in [0.15, 0.2) is 4.77 Å². The maximum atomic E-state index is 12.7. The van der Waals surface area contributed by atoms with Crippen molar-refractivity contribution in [2.75, 3.05) is 26.2 Å². The number of nitrogens with one attached hydrogen (secondary N) is 1. The summed E-state index contributed by atoms with van der Waals surface area (Å²) in [6.45, 7) is 6.02. The van der Waals surface area contributed by atoms with Crippen LogP contribution >= 0.6 is 35.4 Å². The highest BCUT2D eigenvalue weighted by Gasteiger charge is 2.23. The minimum atomic E-state index is 0.0743. The number of H-pyrrole nitrogens is 1. The molecule has 0 bridgehead atoms. The van der Waals surface area contributed by atoms with Crippen LogP contribution in [-0.2, 0) is 24.3 Å². The number of aromatic nitrogens is 3. The van der Waals surface area contributed by atoms with Gasteiger partial charge in [0, 0.05) is 39.1 Å². The molecule has 1 N–H and O–H groups in total. The van der Waals surface area contributed by atoms with Crippen molar-refractivity contribution in [1.82, 2.24) is 24.6 Å². The highest BCUT2D eigenvalue weighted by atomic mass is 35.5. The number of aryl methyl sites for hydroxylation is 1. The molecule has 1 aromatic carbocycles. The van der Waals surface area contributed by atoms with Crippen LogP contribution in [0.4, 0.5) is 0 Å². The zero-order valence-electron chi connectivity index (χ0n) is 15.3. The van der Waals surface area contributed by atoms with Crippen molar-refractivity contribution in [3.8, 4) is 0 Å². The van der Waals surface area contributed by atoms with Gasteiger partial charge in [0.25, 0.3) is 0 Å². The lowest BCUT2D eigenvalue weighted by molar-refractivity contribution is -0.133. The van der Waals surface area contributed by atoms with E-state index >= 15 is 0 Å². The number of hydrogen-bond acceptors (Lipinski definition) is 4. The van der Waals surface area contributed by atoms with Gasteiger partial charge in [-0.25, -0.2) is 0 Å². The summed E-state index contributed by atoms with van der Waals surface area (Å²) >= 11 is 17.6. The van der Waals surface area contributed by atoms with E-state index in [4.69, 9.17) is 35.4 Å². The van der Waals surface area contributed by atoms with Gasteiger partial charge in [-0.3, -0.25) is 19.4 Å². The average Bonchev–Trinajstić information content (AvgIpc) is 3.00. The van der Waals surface area contributed by atoms with Crippen molar-refractivity contribution in [2.45, 2.75) is 32.9 Å². The Kier molecular flexibility index (Phi) is 6.92. The molecule has 1 amide bonds. The van der Waals surface area contributed by atoms with Crippen LogP contribution in [-0.4, -0.2) is 56.7 Å². The van der Waals surface area contributed by atoms with E-state index in [-0.39, 0.29) is 12.5 Å². The molecule has 1 aromatic heterocycles. The first-order valence-electron chi connectivity index (χ1n) is 9.06. The molecule has 1 aliphatic heterocycles. The van der Waals surface area contributed by atoms with Gasteiger partial charge in [-0.05, 0) is 30.3 Å². The molecule has 1 aliphatic rings. The molecule has 2 heterocycles. The first kappa shape index (κ1) is 20.3. The second-order valence-electron chi connectivity index (χ2n) is 6.65. The summed E-state index contributed by atoms with van der Waals surface area (Å²) in [7, 11) is 0. The number of benzene rings is 1. The van der Waals surface area contributed by atoms with E-state index in [1.165, 1.54) is 0 Å². The van der Waals surface area contributed by atoms with Crippen LogP contribution in [0.1, 0.15) is 24.7 Å². The van der Waals surface area contributed by atoms with E-state index in [1.807, 2.05) is 17.0 Å². The summed E-state index contributed by atoms with van der Waals surface area (Å²) in [6.07, 6.45) is 1.76. The average molecular weight is 428 g/mol. The van der Waals surface area contributed by atoms with Gasteiger partial charge in [-0.1, -0.05) is 42.3 Å². The lowest BCUT2D eigenvalue weighted by Crippen LogP contribution is -2.49. The summed E-state index contributed by atoms with van der Waals surface area (Å²) in [5.41, 5.74) is 1.01. The number of carbonyl (C=O) groups is 1. The van der Waals surface area contributed by atoms with Gasteiger partial charge in [-0.2, -0.15) is 5.10 Å². The zero-order chi connectivity index (χ0) is 19.4. The number of rotatable bonds is 6. The SMILES string of the molecule is CCCc1n[nH]c(=S)n1CC(=O)N1CCN(Cc2cccc(Cl)c2Cl)CC1. The van der Waals surface area contributed by atoms with E-state index < -0.39 is 0 Å². The van der Waals surface area contributed by atoms with Crippen LogP contribution in [0.15, 0.2) is 18.2 Å². The Morgan fingerprint density at radius 3 is 2.70 bits per heavy atom. The highest BCUT2D eigenvalue weighted by molar-refractivity contribution is 7.71. The molecule has 27 heavy (non-hydrogen) atoms. The fraction of sp³-hybridized carbons (Fsp3) is 0.500. The van der Waals surface area contributed by atoms with Crippen molar-refractivity contribution in [3.05, 3.63) is 44.4 Å². The predicted octanol–water partition coefficient (Wildman–Crippen LogP) is 3.54. The minimum Gasteiger partial charge on any atom is -0.339 e. The Morgan fingerprint density at radius 2 is 2.00 bits per heavy atom. The first-order valence-corrected chi connectivity index (χ1v) is 10.2. The molecule has 146 valence electrons. The smallest absolute Gasteiger partial charge is 0.242 e. The number of carbonyl (C=O) groups excluding carboxylic acids is 1. The molecule has 9 heteroatoms. The Bertz CT molecular complexity index is 858. The Balaban J connectivity index is 1.56. The fourth-order valence-electron chi connectivity index (χ4n) is 3.23. The molecule has 0 saturated carbocycles. The Labute approximate surface area is 174 Å². The molecular weight excluding hydrogens is 405 g/mol. The van der Waals surface area contributed by atoms with Crippen LogP contribution in [0.5, 0.6) is 0 Å². The lowest BCUT2D eigenvalue weighted by atomic mass is 10.2. The summed E-state index contributed by atoms with van der Waals surface area (Å²) in [5.74, 6) is 0.912. The Hall–Kier alpha value is -1.41. The third-order valence-electron chi connectivity index (χ3n) is 4.75. The van der Waals surface area contributed by atoms with Gasteiger partial charge in [0.2, 0.25) is 5.91 Å². The maximum Gasteiger partial charge on any atom is 0.242 e. The first-order chi connectivity index (χ1) is 13.0. The van der Waals surface area contributed by atoms with Crippen LogP contribution < -0.4 is 0 Å². The van der Waals surface area contributed by atoms with E-state index in [0.29, 0.717) is 27.9 Å². The number of piperazine rings is 1. The zero-order valence-corrected chi connectivity index (χ0v) is 17.6. The standard InChI is InChI=1S/C18H23Cl2N5OS/c1-2-4-15-21-22-18(27)25(15)12-16(26)24-9-7-23(8-10-24)11-13-5-3-6-14(19)17(13)20/h3,5-6H,2,4,7-12H2,1H3,(H,22,27). The van der Waals surface area contributed by atoms with Gasteiger partial charge < -0.3 is 4.90 Å². The molecule has 3 rings (SSSR count). The van der Waals surface area contributed by atoms with Crippen LogP contribution in [0, 0.1) is 4.77 Å². The minimum absolute atomic E-state index is 0.0743. The van der Waals surface area contributed by atoms with Gasteiger partial charge in [-0.15, -0.1) is 0 Å². The molecule has 1 saturated heterocycles. The normalized spacial score (nSPS) is 15.3. The van der Waals surface area contributed by atoms with Crippen molar-refractivity contribution in [1.29, 1.82) is 0 Å². The number of nitrogens with zero attached hydrogens (tertiary/aromatic N) is 4. The maximum absolute atomic E-state index is 12.7. The number of halogens is 2. The summed E-state index contributed by atoms with van der Waals surface area (Å²) < 4.78 is 2.31. The van der Waals surface area contributed by atoms with Crippen LogP contribution in [0.3, 0.4) is 0 Å². The van der Waals surface area contributed by atoms with Gasteiger partial charge >= 0.3 is 0 Å². The molecular formula is C18H23Cl2N5OS. The van der Waals surface area contributed by atoms with Gasteiger partial charge in [0.05, 0.1) is 10.0 Å².